The summed E-state index contributed by atoms with van der Waals surface area (Å²) in [5.41, 5.74) is 12.0. The van der Waals surface area contributed by atoms with E-state index < -0.39 is 0 Å². The zero-order chi connectivity index (χ0) is 14.1. The third-order valence-electron chi connectivity index (χ3n) is 3.75. The summed E-state index contributed by atoms with van der Waals surface area (Å²) in [7, 11) is 0. The van der Waals surface area contributed by atoms with Crippen molar-refractivity contribution in [3.8, 4) is 0 Å². The van der Waals surface area contributed by atoms with E-state index in [0.717, 1.165) is 26.2 Å². The highest BCUT2D eigenvalue weighted by Crippen LogP contribution is 2.20. The molecule has 4 nitrogen and oxygen atoms in total. The molecule has 0 aliphatic carbocycles. The van der Waals surface area contributed by atoms with Gasteiger partial charge < -0.3 is 11.5 Å². The van der Waals surface area contributed by atoms with Crippen LogP contribution in [-0.2, 0) is 0 Å². The van der Waals surface area contributed by atoms with Gasteiger partial charge in [0.25, 0.3) is 0 Å². The Bertz CT molecular complexity index is 236. The minimum Gasteiger partial charge on any atom is -0.324 e. The van der Waals surface area contributed by atoms with Gasteiger partial charge in [-0.15, -0.1) is 0 Å². The molecule has 0 aromatic carbocycles. The van der Waals surface area contributed by atoms with Crippen molar-refractivity contribution in [1.82, 2.24) is 9.80 Å². The third-order valence-corrected chi connectivity index (χ3v) is 3.75. The lowest BCUT2D eigenvalue weighted by Gasteiger charge is -2.48. The maximum Gasteiger partial charge on any atom is 0.0226 e. The highest BCUT2D eigenvalue weighted by Gasteiger charge is 2.34. The van der Waals surface area contributed by atoms with Crippen LogP contribution >= 0.6 is 0 Å². The fourth-order valence-electron chi connectivity index (χ4n) is 2.77. The van der Waals surface area contributed by atoms with Crippen molar-refractivity contribution in [2.24, 2.45) is 11.5 Å². The van der Waals surface area contributed by atoms with Gasteiger partial charge in [0.05, 0.1) is 0 Å². The van der Waals surface area contributed by atoms with Crippen LogP contribution in [0, 0.1) is 0 Å². The van der Waals surface area contributed by atoms with Gasteiger partial charge in [0.2, 0.25) is 0 Å². The summed E-state index contributed by atoms with van der Waals surface area (Å²) >= 11 is 0. The van der Waals surface area contributed by atoms with Crippen LogP contribution in [0.1, 0.15) is 41.5 Å². The number of nitrogens with two attached hydrogens (primary N) is 2. The monoisotopic (exact) mass is 256 g/mol. The Morgan fingerprint density at radius 1 is 0.833 bits per heavy atom. The van der Waals surface area contributed by atoms with Gasteiger partial charge in [-0.25, -0.2) is 0 Å². The number of nitrogens with zero attached hydrogens (tertiary/aromatic N) is 2. The summed E-state index contributed by atoms with van der Waals surface area (Å²) in [5.74, 6) is 0. The summed E-state index contributed by atoms with van der Waals surface area (Å²) in [4.78, 5) is 5.01. The molecule has 1 heterocycles. The molecule has 2 atom stereocenters. The Balaban J connectivity index is 2.60. The van der Waals surface area contributed by atoms with E-state index in [4.69, 9.17) is 11.5 Å². The summed E-state index contributed by atoms with van der Waals surface area (Å²) < 4.78 is 0. The molecule has 1 aliphatic heterocycles. The molecule has 18 heavy (non-hydrogen) atoms. The molecule has 0 radical (unpaired) electrons. The Morgan fingerprint density at radius 3 is 1.33 bits per heavy atom. The predicted octanol–water partition coefficient (Wildman–Crippen LogP) is 0.856. The van der Waals surface area contributed by atoms with E-state index in [1.54, 1.807) is 0 Å². The fourth-order valence-corrected chi connectivity index (χ4v) is 2.77. The van der Waals surface area contributed by atoms with Crippen molar-refractivity contribution in [2.75, 3.05) is 26.2 Å². The van der Waals surface area contributed by atoms with Crippen LogP contribution < -0.4 is 11.5 Å². The van der Waals surface area contributed by atoms with E-state index in [9.17, 15) is 0 Å². The quantitative estimate of drug-likeness (QED) is 0.783. The highest BCUT2D eigenvalue weighted by molar-refractivity contribution is 4.92. The maximum atomic E-state index is 6.14. The minimum atomic E-state index is -0.122. The molecule has 1 rings (SSSR count). The van der Waals surface area contributed by atoms with Crippen molar-refractivity contribution < 1.29 is 0 Å². The van der Waals surface area contributed by atoms with Crippen LogP contribution in [0.15, 0.2) is 0 Å². The van der Waals surface area contributed by atoms with Gasteiger partial charge in [-0.2, -0.15) is 0 Å². The van der Waals surface area contributed by atoms with E-state index in [1.165, 1.54) is 0 Å². The number of hydrogen-bond donors (Lipinski definition) is 2. The normalized spacial score (nSPS) is 28.7. The zero-order valence-electron chi connectivity index (χ0n) is 13.0. The van der Waals surface area contributed by atoms with Gasteiger partial charge in [-0.1, -0.05) is 0 Å². The molecule has 0 bridgehead atoms. The van der Waals surface area contributed by atoms with Crippen molar-refractivity contribution in [1.29, 1.82) is 0 Å². The molecule has 0 amide bonds. The van der Waals surface area contributed by atoms with Crippen molar-refractivity contribution in [3.05, 3.63) is 0 Å². The SMILES string of the molecule is CC1C(C)N(CC(C)(C)N)CCN1CC(C)(C)N. The van der Waals surface area contributed by atoms with Crippen LogP contribution in [0.3, 0.4) is 0 Å². The summed E-state index contributed by atoms with van der Waals surface area (Å²) in [6.45, 7) is 17.1. The van der Waals surface area contributed by atoms with Gasteiger partial charge >= 0.3 is 0 Å². The molecule has 4 heteroatoms. The van der Waals surface area contributed by atoms with E-state index >= 15 is 0 Å². The molecule has 1 fully saturated rings. The van der Waals surface area contributed by atoms with Crippen molar-refractivity contribution in [3.63, 3.8) is 0 Å². The molecular weight excluding hydrogens is 224 g/mol. The van der Waals surface area contributed by atoms with Crippen molar-refractivity contribution >= 4 is 0 Å². The average Bonchev–Trinajstić information content (AvgIpc) is 2.14. The van der Waals surface area contributed by atoms with Crippen molar-refractivity contribution in [2.45, 2.75) is 64.7 Å². The summed E-state index contributed by atoms with van der Waals surface area (Å²) in [6.07, 6.45) is 0. The largest absolute Gasteiger partial charge is 0.324 e. The first-order valence-electron chi connectivity index (χ1n) is 7.05. The van der Waals surface area contributed by atoms with Crippen LogP contribution in [0.25, 0.3) is 0 Å². The molecule has 2 unspecified atom stereocenters. The topological polar surface area (TPSA) is 58.5 Å². The Kier molecular flexibility index (Phi) is 4.81. The minimum absolute atomic E-state index is 0.122. The summed E-state index contributed by atoms with van der Waals surface area (Å²) in [5, 5.41) is 0. The van der Waals surface area contributed by atoms with Gasteiger partial charge in [0, 0.05) is 49.3 Å². The lowest BCUT2D eigenvalue weighted by molar-refractivity contribution is 0.0169. The van der Waals surface area contributed by atoms with Crippen LogP contribution in [-0.4, -0.2) is 59.1 Å². The van der Waals surface area contributed by atoms with Crippen LogP contribution in [0.4, 0.5) is 0 Å². The van der Waals surface area contributed by atoms with E-state index in [1.807, 2.05) is 0 Å². The van der Waals surface area contributed by atoms with Crippen LogP contribution in [0.5, 0.6) is 0 Å². The highest BCUT2D eigenvalue weighted by atomic mass is 15.3. The molecule has 1 saturated heterocycles. The van der Waals surface area contributed by atoms with E-state index in [-0.39, 0.29) is 11.1 Å². The molecule has 1 aliphatic rings. The van der Waals surface area contributed by atoms with Crippen LogP contribution in [0.2, 0.25) is 0 Å². The van der Waals surface area contributed by atoms with Gasteiger partial charge in [-0.05, 0) is 41.5 Å². The first-order chi connectivity index (χ1) is 7.99. The molecular formula is C14H32N4. The third kappa shape index (κ3) is 4.84. The van der Waals surface area contributed by atoms with Gasteiger partial charge in [0.1, 0.15) is 0 Å². The summed E-state index contributed by atoms with van der Waals surface area (Å²) in [6, 6.07) is 1.06. The Labute approximate surface area is 113 Å². The fraction of sp³-hybridized carbons (Fsp3) is 1.00. The van der Waals surface area contributed by atoms with Gasteiger partial charge in [0.15, 0.2) is 0 Å². The second-order valence-electron chi connectivity index (χ2n) is 7.40. The molecule has 0 aromatic rings. The zero-order valence-corrected chi connectivity index (χ0v) is 13.0. The molecule has 108 valence electrons. The second-order valence-corrected chi connectivity index (χ2v) is 7.40. The lowest BCUT2D eigenvalue weighted by atomic mass is 9.97. The smallest absolute Gasteiger partial charge is 0.0226 e. The Hall–Kier alpha value is -0.160. The molecule has 0 aromatic heterocycles. The molecule has 4 N–H and O–H groups in total. The van der Waals surface area contributed by atoms with E-state index in [0.29, 0.717) is 12.1 Å². The number of piperazine rings is 1. The lowest BCUT2D eigenvalue weighted by Crippen LogP contribution is -2.63. The molecule has 0 spiro atoms. The van der Waals surface area contributed by atoms with Gasteiger partial charge in [-0.3, -0.25) is 9.80 Å². The molecule has 0 saturated carbocycles. The average molecular weight is 256 g/mol. The second kappa shape index (κ2) is 5.45. The maximum absolute atomic E-state index is 6.14. The predicted molar refractivity (Wildman–Crippen MR) is 78.6 cm³/mol. The first-order valence-corrected chi connectivity index (χ1v) is 7.05. The number of hydrogen-bond acceptors (Lipinski definition) is 4. The Morgan fingerprint density at radius 2 is 1.11 bits per heavy atom. The number of rotatable bonds is 4. The van der Waals surface area contributed by atoms with E-state index in [2.05, 4.69) is 51.3 Å². The first kappa shape index (κ1) is 15.9. The standard InChI is InChI=1S/C14H32N4/c1-11-12(2)18(10-14(5,6)16)8-7-17(11)9-13(3,4)15/h11-12H,7-10,15-16H2,1-6H3.